The van der Waals surface area contributed by atoms with Crippen LogP contribution in [0.4, 0.5) is 0 Å². The van der Waals surface area contributed by atoms with Crippen LogP contribution in [0, 0.1) is 5.92 Å². The molecule has 1 aliphatic carbocycles. The van der Waals surface area contributed by atoms with Crippen molar-refractivity contribution in [3.63, 3.8) is 0 Å². The molecule has 0 radical (unpaired) electrons. The highest BCUT2D eigenvalue weighted by atomic mass is 35.5. The van der Waals surface area contributed by atoms with Gasteiger partial charge in [0, 0.05) is 10.9 Å². The van der Waals surface area contributed by atoms with Gasteiger partial charge in [-0.3, -0.25) is 0 Å². The first-order valence-electron chi connectivity index (χ1n) is 6.74. The Bertz CT molecular complexity index is 337. The maximum Gasteiger partial charge on any atom is 0.0545 e. The van der Waals surface area contributed by atoms with Crippen molar-refractivity contribution < 1.29 is 0 Å². The number of thiophene rings is 1. The first-order valence-corrected chi connectivity index (χ1v) is 8.00. The Morgan fingerprint density at radius 1 is 1.41 bits per heavy atom. The third-order valence-electron chi connectivity index (χ3n) is 3.69. The average Bonchev–Trinajstić information content (AvgIpc) is 2.59. The van der Waals surface area contributed by atoms with E-state index in [9.17, 15) is 0 Å². The zero-order chi connectivity index (χ0) is 12.1. The van der Waals surface area contributed by atoms with Gasteiger partial charge in [0.2, 0.25) is 0 Å². The van der Waals surface area contributed by atoms with E-state index in [1.165, 1.54) is 43.4 Å². The summed E-state index contributed by atoms with van der Waals surface area (Å²) in [5.41, 5.74) is 0. The van der Waals surface area contributed by atoms with Gasteiger partial charge in [-0.1, -0.05) is 37.8 Å². The Kier molecular flexibility index (Phi) is 5.33. The van der Waals surface area contributed by atoms with Crippen LogP contribution < -0.4 is 5.32 Å². The van der Waals surface area contributed by atoms with Gasteiger partial charge in [0.05, 0.1) is 5.02 Å². The first-order chi connectivity index (χ1) is 8.29. The van der Waals surface area contributed by atoms with Crippen LogP contribution in [0.2, 0.25) is 5.02 Å². The van der Waals surface area contributed by atoms with E-state index in [0.29, 0.717) is 0 Å². The largest absolute Gasteiger partial charge is 0.314 e. The van der Waals surface area contributed by atoms with Crippen LogP contribution in [-0.4, -0.2) is 12.6 Å². The lowest BCUT2D eigenvalue weighted by molar-refractivity contribution is 0.391. The van der Waals surface area contributed by atoms with Crippen LogP contribution in [0.3, 0.4) is 0 Å². The lowest BCUT2D eigenvalue weighted by Crippen LogP contribution is -2.30. The summed E-state index contributed by atoms with van der Waals surface area (Å²) >= 11 is 8.00. The molecule has 0 aromatic carbocycles. The summed E-state index contributed by atoms with van der Waals surface area (Å²) in [7, 11) is 0. The summed E-state index contributed by atoms with van der Waals surface area (Å²) in [6, 6.07) is 2.76. The third kappa shape index (κ3) is 3.97. The summed E-state index contributed by atoms with van der Waals surface area (Å²) in [6.45, 7) is 3.30. The smallest absolute Gasteiger partial charge is 0.0545 e. The molecule has 0 aliphatic heterocycles. The lowest BCUT2D eigenvalue weighted by atomic mass is 9.94. The molecular formula is C14H22ClNS. The van der Waals surface area contributed by atoms with E-state index in [-0.39, 0.29) is 0 Å². The Balaban J connectivity index is 1.92. The molecule has 2 atom stereocenters. The van der Waals surface area contributed by atoms with E-state index < -0.39 is 0 Å². The van der Waals surface area contributed by atoms with E-state index in [1.807, 2.05) is 17.4 Å². The van der Waals surface area contributed by atoms with E-state index in [1.54, 1.807) is 0 Å². The Morgan fingerprint density at radius 3 is 2.94 bits per heavy atom. The van der Waals surface area contributed by atoms with Gasteiger partial charge in [-0.05, 0) is 43.2 Å². The quantitative estimate of drug-likeness (QED) is 0.795. The normalized spacial score (nSPS) is 25.8. The summed E-state index contributed by atoms with van der Waals surface area (Å²) < 4.78 is 0. The van der Waals surface area contributed by atoms with Crippen molar-refractivity contribution in [1.82, 2.24) is 5.32 Å². The summed E-state index contributed by atoms with van der Waals surface area (Å²) in [4.78, 5) is 1.38. The van der Waals surface area contributed by atoms with Crippen LogP contribution >= 0.6 is 22.9 Å². The van der Waals surface area contributed by atoms with E-state index in [2.05, 4.69) is 17.6 Å². The molecule has 1 nitrogen and oxygen atoms in total. The molecule has 1 aromatic heterocycles. The number of hydrogen-bond acceptors (Lipinski definition) is 2. The molecule has 1 heterocycles. The van der Waals surface area contributed by atoms with E-state index in [0.717, 1.165) is 23.5 Å². The number of rotatable bonds is 4. The molecule has 2 rings (SSSR count). The van der Waals surface area contributed by atoms with Gasteiger partial charge in [-0.2, -0.15) is 0 Å². The third-order valence-corrected chi connectivity index (χ3v) is 5.10. The second kappa shape index (κ2) is 6.77. The molecule has 1 aromatic rings. The zero-order valence-electron chi connectivity index (χ0n) is 10.5. The zero-order valence-corrected chi connectivity index (χ0v) is 12.1. The molecule has 1 saturated carbocycles. The van der Waals surface area contributed by atoms with Crippen molar-refractivity contribution >= 4 is 22.9 Å². The van der Waals surface area contributed by atoms with Crippen molar-refractivity contribution in [3.05, 3.63) is 21.3 Å². The highest BCUT2D eigenvalue weighted by molar-refractivity contribution is 7.10. The minimum Gasteiger partial charge on any atom is -0.314 e. The standard InChI is InChI=1S/C14H22ClNS/c1-2-16-12-6-4-3-5-11(9-12)10-14-13(15)7-8-17-14/h7-8,11-12,16H,2-6,9-10H2,1H3. The van der Waals surface area contributed by atoms with Crippen LogP contribution in [0.15, 0.2) is 11.4 Å². The number of nitrogens with one attached hydrogen (secondary N) is 1. The molecule has 0 bridgehead atoms. The fourth-order valence-electron chi connectivity index (χ4n) is 2.85. The van der Waals surface area contributed by atoms with Gasteiger partial charge in [0.15, 0.2) is 0 Å². The van der Waals surface area contributed by atoms with E-state index >= 15 is 0 Å². The minimum atomic E-state index is 0.728. The second-order valence-electron chi connectivity index (χ2n) is 5.04. The van der Waals surface area contributed by atoms with Crippen LogP contribution in [0.1, 0.15) is 43.9 Å². The van der Waals surface area contributed by atoms with Crippen LogP contribution in [0.5, 0.6) is 0 Å². The highest BCUT2D eigenvalue weighted by Gasteiger charge is 2.20. The minimum absolute atomic E-state index is 0.728. The van der Waals surface area contributed by atoms with Crippen molar-refractivity contribution in [1.29, 1.82) is 0 Å². The number of halogens is 1. The van der Waals surface area contributed by atoms with Crippen LogP contribution in [0.25, 0.3) is 0 Å². The van der Waals surface area contributed by atoms with Crippen LogP contribution in [-0.2, 0) is 6.42 Å². The molecule has 1 fully saturated rings. The molecule has 2 unspecified atom stereocenters. The molecule has 1 aliphatic rings. The van der Waals surface area contributed by atoms with Crippen molar-refractivity contribution in [2.75, 3.05) is 6.54 Å². The van der Waals surface area contributed by atoms with E-state index in [4.69, 9.17) is 11.6 Å². The summed E-state index contributed by atoms with van der Waals surface area (Å²) in [5.74, 6) is 0.817. The van der Waals surface area contributed by atoms with Crippen molar-refractivity contribution in [2.24, 2.45) is 5.92 Å². The second-order valence-corrected chi connectivity index (χ2v) is 6.44. The predicted octanol–water partition coefficient (Wildman–Crippen LogP) is 4.50. The molecule has 17 heavy (non-hydrogen) atoms. The monoisotopic (exact) mass is 271 g/mol. The topological polar surface area (TPSA) is 12.0 Å². The maximum atomic E-state index is 6.19. The first kappa shape index (κ1) is 13.4. The number of hydrogen-bond donors (Lipinski definition) is 1. The predicted molar refractivity (Wildman–Crippen MR) is 77.1 cm³/mol. The molecular weight excluding hydrogens is 250 g/mol. The molecule has 96 valence electrons. The SMILES string of the molecule is CCNC1CCCCC(Cc2sccc2Cl)C1. The maximum absolute atomic E-state index is 6.19. The Hall–Kier alpha value is -0.0500. The van der Waals surface area contributed by atoms with Gasteiger partial charge < -0.3 is 5.32 Å². The highest BCUT2D eigenvalue weighted by Crippen LogP contribution is 2.31. The molecule has 0 amide bonds. The molecule has 1 N–H and O–H groups in total. The fraction of sp³-hybridized carbons (Fsp3) is 0.714. The molecule has 3 heteroatoms. The molecule has 0 spiro atoms. The van der Waals surface area contributed by atoms with Gasteiger partial charge in [0.25, 0.3) is 0 Å². The van der Waals surface area contributed by atoms with Crippen molar-refractivity contribution in [3.8, 4) is 0 Å². The lowest BCUT2D eigenvalue weighted by Gasteiger charge is -2.20. The fourth-order valence-corrected chi connectivity index (χ4v) is 4.08. The van der Waals surface area contributed by atoms with Gasteiger partial charge in [-0.15, -0.1) is 11.3 Å². The Morgan fingerprint density at radius 2 is 2.24 bits per heavy atom. The van der Waals surface area contributed by atoms with Gasteiger partial charge in [0.1, 0.15) is 0 Å². The summed E-state index contributed by atoms with van der Waals surface area (Å²) in [5, 5.41) is 6.70. The van der Waals surface area contributed by atoms with Gasteiger partial charge >= 0.3 is 0 Å². The molecule has 0 saturated heterocycles. The average molecular weight is 272 g/mol. The van der Waals surface area contributed by atoms with Crippen molar-refractivity contribution in [2.45, 2.75) is 51.5 Å². The summed E-state index contributed by atoms with van der Waals surface area (Å²) in [6.07, 6.45) is 7.99. The van der Waals surface area contributed by atoms with Gasteiger partial charge in [-0.25, -0.2) is 0 Å². The Labute approximate surface area is 114 Å².